The number of alkyl halides is 2. The zero-order valence-electron chi connectivity index (χ0n) is 16.2. The normalized spacial score (nSPS) is 23.6. The number of furan rings is 1. The van der Waals surface area contributed by atoms with Crippen LogP contribution in [0.15, 0.2) is 28.9 Å². The van der Waals surface area contributed by atoms with Gasteiger partial charge < -0.3 is 19.2 Å². The fourth-order valence-electron chi connectivity index (χ4n) is 4.55. The summed E-state index contributed by atoms with van der Waals surface area (Å²) in [5.74, 6) is 0.532. The van der Waals surface area contributed by atoms with E-state index in [1.165, 1.54) is 12.3 Å². The molecule has 1 aromatic carbocycles. The quantitative estimate of drug-likeness (QED) is 0.696. The molecule has 0 spiro atoms. The van der Waals surface area contributed by atoms with Gasteiger partial charge in [0.25, 0.3) is 6.43 Å². The standard InChI is InChI=1S/C21H21F2N3O3/c1-21(28-2)9-12(10-21)26-5-3-11-7-15(24-25-20(11)26)17-14(19(22)23)8-16-13(18(17)27)4-6-29-16/h4,6-8,12,19,27H,3,5,9-10H2,1-2H3. The predicted octanol–water partition coefficient (Wildman–Crippen LogP) is 4.46. The Morgan fingerprint density at radius 1 is 1.31 bits per heavy atom. The molecule has 0 amide bonds. The summed E-state index contributed by atoms with van der Waals surface area (Å²) >= 11 is 0. The SMILES string of the molecule is COC1(C)CC(N2CCc3cc(-c4c(C(F)F)cc5occc5c4O)nnc32)C1. The van der Waals surface area contributed by atoms with Gasteiger partial charge in [0.2, 0.25) is 0 Å². The molecule has 1 aliphatic heterocycles. The van der Waals surface area contributed by atoms with E-state index in [1.807, 2.05) is 0 Å². The number of ether oxygens (including phenoxy) is 1. The minimum absolute atomic E-state index is 0.0123. The van der Waals surface area contributed by atoms with Crippen molar-refractivity contribution in [2.24, 2.45) is 0 Å². The number of phenols is 1. The Morgan fingerprint density at radius 3 is 2.83 bits per heavy atom. The van der Waals surface area contributed by atoms with Crippen molar-refractivity contribution < 1.29 is 23.0 Å². The van der Waals surface area contributed by atoms with Crippen molar-refractivity contribution in [3.63, 3.8) is 0 Å². The Kier molecular flexibility index (Phi) is 4.03. The van der Waals surface area contributed by atoms with Crippen molar-refractivity contribution in [1.82, 2.24) is 10.2 Å². The smallest absolute Gasteiger partial charge is 0.264 e. The van der Waals surface area contributed by atoms with E-state index in [9.17, 15) is 13.9 Å². The maximum absolute atomic E-state index is 13.7. The van der Waals surface area contributed by atoms with Crippen LogP contribution in [0.25, 0.3) is 22.2 Å². The van der Waals surface area contributed by atoms with Gasteiger partial charge in [0, 0.05) is 30.8 Å². The second kappa shape index (κ2) is 6.38. The Morgan fingerprint density at radius 2 is 2.10 bits per heavy atom. The van der Waals surface area contributed by atoms with Crippen molar-refractivity contribution in [2.45, 2.75) is 44.3 Å². The molecule has 1 aliphatic carbocycles. The Balaban J connectivity index is 1.53. The number of fused-ring (bicyclic) bond motifs is 2. The maximum Gasteiger partial charge on any atom is 0.264 e. The van der Waals surface area contributed by atoms with Crippen LogP contribution in [-0.4, -0.2) is 40.6 Å². The summed E-state index contributed by atoms with van der Waals surface area (Å²) in [5, 5.41) is 19.6. The molecule has 1 fully saturated rings. The summed E-state index contributed by atoms with van der Waals surface area (Å²) in [4.78, 5) is 2.22. The van der Waals surface area contributed by atoms with E-state index in [0.717, 1.165) is 37.2 Å². The van der Waals surface area contributed by atoms with Gasteiger partial charge in [-0.3, -0.25) is 0 Å². The molecular formula is C21H21F2N3O3. The van der Waals surface area contributed by atoms with Crippen molar-refractivity contribution in [3.8, 4) is 17.0 Å². The van der Waals surface area contributed by atoms with Crippen LogP contribution in [0.4, 0.5) is 14.6 Å². The van der Waals surface area contributed by atoms with Crippen LogP contribution in [0.1, 0.15) is 37.3 Å². The number of nitrogens with zero attached hydrogens (tertiary/aromatic N) is 3. The van der Waals surface area contributed by atoms with Gasteiger partial charge in [0.15, 0.2) is 5.82 Å². The maximum atomic E-state index is 13.7. The molecule has 1 saturated carbocycles. The minimum Gasteiger partial charge on any atom is -0.506 e. The highest BCUT2D eigenvalue weighted by atomic mass is 19.3. The molecule has 3 heterocycles. The third-order valence-corrected chi connectivity index (χ3v) is 6.27. The molecule has 0 radical (unpaired) electrons. The largest absolute Gasteiger partial charge is 0.506 e. The second-order valence-electron chi connectivity index (χ2n) is 8.06. The lowest BCUT2D eigenvalue weighted by atomic mass is 9.76. The molecule has 2 aromatic heterocycles. The number of phenolic OH excluding ortho intramolecular Hbond substituents is 1. The van der Waals surface area contributed by atoms with Crippen LogP contribution in [0.5, 0.6) is 5.75 Å². The van der Waals surface area contributed by atoms with Gasteiger partial charge in [-0.05, 0) is 44.4 Å². The lowest BCUT2D eigenvalue weighted by molar-refractivity contribution is -0.0682. The first kappa shape index (κ1) is 18.3. The summed E-state index contributed by atoms with van der Waals surface area (Å²) < 4.78 is 38.1. The van der Waals surface area contributed by atoms with E-state index in [0.29, 0.717) is 11.4 Å². The molecule has 2 aliphatic rings. The molecule has 0 saturated heterocycles. The lowest BCUT2D eigenvalue weighted by Gasteiger charge is -2.48. The number of aromatic nitrogens is 2. The fourth-order valence-corrected chi connectivity index (χ4v) is 4.55. The van der Waals surface area contributed by atoms with Crippen LogP contribution in [0, 0.1) is 0 Å². The van der Waals surface area contributed by atoms with E-state index < -0.39 is 6.43 Å². The topological polar surface area (TPSA) is 71.6 Å². The van der Waals surface area contributed by atoms with Crippen molar-refractivity contribution in [2.75, 3.05) is 18.6 Å². The van der Waals surface area contributed by atoms with Gasteiger partial charge in [-0.15, -0.1) is 10.2 Å². The monoisotopic (exact) mass is 401 g/mol. The van der Waals surface area contributed by atoms with Crippen LogP contribution < -0.4 is 4.90 Å². The highest BCUT2D eigenvalue weighted by molar-refractivity contribution is 5.93. The molecule has 1 N–H and O–H groups in total. The van der Waals surface area contributed by atoms with Gasteiger partial charge in [0.05, 0.1) is 28.5 Å². The van der Waals surface area contributed by atoms with E-state index in [2.05, 4.69) is 22.0 Å². The molecule has 0 unspecified atom stereocenters. The first-order chi connectivity index (χ1) is 13.9. The summed E-state index contributed by atoms with van der Waals surface area (Å²) in [5.41, 5.74) is 1.01. The highest BCUT2D eigenvalue weighted by Gasteiger charge is 2.45. The third kappa shape index (κ3) is 2.77. The molecule has 5 rings (SSSR count). The molecule has 3 aromatic rings. The molecule has 0 atom stereocenters. The molecule has 0 bridgehead atoms. The number of aromatic hydroxyl groups is 1. The van der Waals surface area contributed by atoms with Gasteiger partial charge in [-0.2, -0.15) is 0 Å². The van der Waals surface area contributed by atoms with Crippen molar-refractivity contribution >= 4 is 16.8 Å². The van der Waals surface area contributed by atoms with Gasteiger partial charge in [0.1, 0.15) is 11.3 Å². The molecular weight excluding hydrogens is 380 g/mol. The van der Waals surface area contributed by atoms with Crippen molar-refractivity contribution in [1.29, 1.82) is 0 Å². The summed E-state index contributed by atoms with van der Waals surface area (Å²) in [7, 11) is 1.73. The molecule has 8 heteroatoms. The fraction of sp³-hybridized carbons (Fsp3) is 0.429. The lowest BCUT2D eigenvalue weighted by Crippen LogP contribution is -2.54. The first-order valence-corrected chi connectivity index (χ1v) is 9.60. The molecule has 6 nitrogen and oxygen atoms in total. The summed E-state index contributed by atoms with van der Waals surface area (Å²) in [6.07, 6.45) is 1.18. The Hall–Kier alpha value is -2.74. The first-order valence-electron chi connectivity index (χ1n) is 9.60. The number of rotatable bonds is 4. The highest BCUT2D eigenvalue weighted by Crippen LogP contribution is 2.45. The number of halogens is 2. The number of anilines is 1. The molecule has 152 valence electrons. The summed E-state index contributed by atoms with van der Waals surface area (Å²) in [6.45, 7) is 2.91. The zero-order chi connectivity index (χ0) is 20.3. The van der Waals surface area contributed by atoms with E-state index in [-0.39, 0.29) is 33.8 Å². The minimum atomic E-state index is -2.78. The number of methoxy groups -OCH3 is 1. The summed E-state index contributed by atoms with van der Waals surface area (Å²) in [6, 6.07) is 4.92. The van der Waals surface area contributed by atoms with Gasteiger partial charge >= 0.3 is 0 Å². The third-order valence-electron chi connectivity index (χ3n) is 6.27. The number of benzene rings is 1. The van der Waals surface area contributed by atoms with E-state index in [4.69, 9.17) is 9.15 Å². The second-order valence-corrected chi connectivity index (χ2v) is 8.06. The van der Waals surface area contributed by atoms with Crippen LogP contribution >= 0.6 is 0 Å². The zero-order valence-corrected chi connectivity index (χ0v) is 16.2. The average Bonchev–Trinajstić information content (AvgIpc) is 3.31. The average molecular weight is 401 g/mol. The van der Waals surface area contributed by atoms with Crippen LogP contribution in [0.2, 0.25) is 0 Å². The van der Waals surface area contributed by atoms with Crippen molar-refractivity contribution in [3.05, 3.63) is 35.6 Å². The van der Waals surface area contributed by atoms with Crippen LogP contribution in [0.3, 0.4) is 0 Å². The number of hydrogen-bond acceptors (Lipinski definition) is 6. The predicted molar refractivity (Wildman–Crippen MR) is 103 cm³/mol. The molecule has 29 heavy (non-hydrogen) atoms. The number of hydrogen-bond donors (Lipinski definition) is 1. The van der Waals surface area contributed by atoms with Gasteiger partial charge in [-0.1, -0.05) is 0 Å². The van der Waals surface area contributed by atoms with E-state index >= 15 is 0 Å². The Labute approximate surface area is 166 Å². The Bertz CT molecular complexity index is 1090. The van der Waals surface area contributed by atoms with Gasteiger partial charge in [-0.25, -0.2) is 8.78 Å². The van der Waals surface area contributed by atoms with E-state index in [1.54, 1.807) is 19.2 Å². The van der Waals surface area contributed by atoms with Crippen LogP contribution in [-0.2, 0) is 11.2 Å².